The van der Waals surface area contributed by atoms with Gasteiger partial charge in [0, 0.05) is 13.0 Å². The quantitative estimate of drug-likeness (QED) is 0.0888. The van der Waals surface area contributed by atoms with Crippen molar-refractivity contribution in [1.29, 1.82) is 0 Å². The Morgan fingerprint density at radius 2 is 2.11 bits per heavy atom. The van der Waals surface area contributed by atoms with Gasteiger partial charge in [-0.1, -0.05) is 0 Å². The number of anilines is 1. The van der Waals surface area contributed by atoms with Gasteiger partial charge in [0.05, 0.1) is 31.3 Å². The van der Waals surface area contributed by atoms with Crippen LogP contribution in [0.5, 0.6) is 0 Å². The predicted molar refractivity (Wildman–Crippen MR) is 126 cm³/mol. The molecule has 4 heterocycles. The highest BCUT2D eigenvalue weighted by Crippen LogP contribution is 2.44. The van der Waals surface area contributed by atoms with Gasteiger partial charge in [-0.05, 0) is 12.8 Å². The molecule has 37 heavy (non-hydrogen) atoms. The molecule has 2 aliphatic heterocycles. The summed E-state index contributed by atoms with van der Waals surface area (Å²) in [6.45, 7) is 0.0284. The minimum atomic E-state index is -1.90. The number of rotatable bonds is 9. The third-order valence-electron chi connectivity index (χ3n) is 6.45. The van der Waals surface area contributed by atoms with E-state index in [1.54, 1.807) is 0 Å². The highest BCUT2D eigenvalue weighted by Gasteiger charge is 2.60. The Kier molecular flexibility index (Phi) is 7.42. The lowest BCUT2D eigenvalue weighted by Gasteiger charge is -2.45. The fourth-order valence-electron chi connectivity index (χ4n) is 4.53. The Labute approximate surface area is 209 Å². The molecule has 1 amide bonds. The molecule has 202 valence electrons. The number of amides is 1. The molecule has 2 unspecified atom stereocenters. The van der Waals surface area contributed by atoms with Crippen LogP contribution in [0.2, 0.25) is 0 Å². The van der Waals surface area contributed by atoms with Gasteiger partial charge in [0.15, 0.2) is 23.9 Å². The molecule has 17 heteroatoms. The topological polar surface area (TPSA) is 285 Å². The molecule has 0 bridgehead atoms. The summed E-state index contributed by atoms with van der Waals surface area (Å²) < 4.78 is 13.1. The van der Waals surface area contributed by atoms with Gasteiger partial charge >= 0.3 is 5.97 Å². The van der Waals surface area contributed by atoms with Crippen LogP contribution in [0.15, 0.2) is 17.5 Å². The molecule has 4 rings (SSSR count). The number of aliphatic imine (C=N–C) groups is 1. The minimum Gasteiger partial charge on any atom is -0.480 e. The number of nitrogen functional groups attached to an aromatic ring is 1. The molecule has 0 aliphatic carbocycles. The molecular formula is C20H30N10O7. The van der Waals surface area contributed by atoms with E-state index in [9.17, 15) is 24.9 Å². The summed E-state index contributed by atoms with van der Waals surface area (Å²) in [5, 5.41) is 34.3. The predicted octanol–water partition coefficient (Wildman–Crippen LogP) is -3.86. The first-order valence-corrected chi connectivity index (χ1v) is 11.5. The number of nitrogens with two attached hydrogens (primary N) is 4. The maximum atomic E-state index is 12.7. The van der Waals surface area contributed by atoms with E-state index in [0.717, 1.165) is 0 Å². The zero-order chi connectivity index (χ0) is 26.9. The lowest BCUT2D eigenvalue weighted by molar-refractivity contribution is -0.237. The van der Waals surface area contributed by atoms with Crippen molar-refractivity contribution in [2.24, 2.45) is 22.2 Å². The number of nitrogens with zero attached hydrogens (tertiary/aromatic N) is 5. The van der Waals surface area contributed by atoms with E-state index < -0.39 is 54.1 Å². The van der Waals surface area contributed by atoms with Gasteiger partial charge in [-0.25, -0.2) is 14.8 Å². The second-order valence-electron chi connectivity index (χ2n) is 9.00. The van der Waals surface area contributed by atoms with Gasteiger partial charge in [-0.15, -0.1) is 0 Å². The first kappa shape index (κ1) is 26.4. The van der Waals surface area contributed by atoms with Crippen LogP contribution in [0.1, 0.15) is 25.5 Å². The molecule has 17 nitrogen and oxygen atoms in total. The Bertz CT molecular complexity index is 1190. The summed E-state index contributed by atoms with van der Waals surface area (Å²) in [5.41, 5.74) is 20.9. The Hall–Kier alpha value is -3.64. The summed E-state index contributed by atoms with van der Waals surface area (Å²) in [6.07, 6.45) is -1.96. The molecule has 2 aromatic rings. The van der Waals surface area contributed by atoms with E-state index in [2.05, 4.69) is 25.3 Å². The third kappa shape index (κ3) is 5.25. The minimum absolute atomic E-state index is 0.0475. The first-order chi connectivity index (χ1) is 17.5. The number of nitrogens with one attached hydrogen (secondary N) is 1. The molecule has 0 saturated carbocycles. The second-order valence-corrected chi connectivity index (χ2v) is 9.00. The maximum Gasteiger partial charge on any atom is 0.328 e. The number of carboxylic acids is 1. The number of fused-ring (bicyclic) bond motifs is 2. The Balaban J connectivity index is 1.58. The number of carbonyl (C=O) groups is 2. The SMILES string of the molecule is NC(N)=NCCCC(N)C(=O)NC(C(=O)O)[C@@H]1C[C@@]2(O)[C@@H](O)CO[C@H]2[C@H](n2cnc3cnc(N)nc32)O1. The number of carboxylic acid groups (broad SMARTS) is 1. The standard InChI is InChI=1S/C20H30N10O7/c21-8(2-1-3-25-18(22)23)15(32)28-12(17(33)34)10-4-20(35)11(31)6-36-13(20)16(37-10)30-7-27-9-5-26-19(24)29-14(9)30/h5,7-8,10-13,16,31,35H,1-4,6,21H2,(H,28,32)(H,33,34)(H4,22,23,25)(H2,24,26,29)/t8?,10-,11-,12?,13-,16+,20+/m0/s1. The van der Waals surface area contributed by atoms with E-state index in [4.69, 9.17) is 32.4 Å². The number of aliphatic hydroxyl groups is 2. The largest absolute Gasteiger partial charge is 0.480 e. The molecule has 0 radical (unpaired) electrons. The van der Waals surface area contributed by atoms with Crippen LogP contribution >= 0.6 is 0 Å². The zero-order valence-corrected chi connectivity index (χ0v) is 19.7. The van der Waals surface area contributed by atoms with Crippen molar-refractivity contribution >= 4 is 34.9 Å². The number of hydrogen-bond acceptors (Lipinski definition) is 12. The first-order valence-electron chi connectivity index (χ1n) is 11.5. The van der Waals surface area contributed by atoms with Gasteiger partial charge in [0.25, 0.3) is 0 Å². The highest BCUT2D eigenvalue weighted by molar-refractivity contribution is 5.87. The van der Waals surface area contributed by atoms with Crippen molar-refractivity contribution in [2.45, 2.75) is 61.5 Å². The van der Waals surface area contributed by atoms with Gasteiger partial charge in [-0.2, -0.15) is 4.98 Å². The fourth-order valence-corrected chi connectivity index (χ4v) is 4.53. The van der Waals surface area contributed by atoms with Crippen LogP contribution < -0.4 is 28.3 Å². The number of carbonyl (C=O) groups excluding carboxylic acids is 1. The highest BCUT2D eigenvalue weighted by atomic mass is 16.6. The molecule has 7 atom stereocenters. The number of aliphatic hydroxyl groups excluding tert-OH is 1. The number of aromatic nitrogens is 4. The van der Waals surface area contributed by atoms with E-state index in [0.29, 0.717) is 11.9 Å². The normalized spacial score (nSPS) is 28.8. The van der Waals surface area contributed by atoms with Crippen LogP contribution in [-0.4, -0.2) is 102 Å². The van der Waals surface area contributed by atoms with E-state index in [1.807, 2.05) is 0 Å². The summed E-state index contributed by atoms with van der Waals surface area (Å²) in [4.78, 5) is 40.9. The van der Waals surface area contributed by atoms with Crippen LogP contribution in [0.4, 0.5) is 5.95 Å². The zero-order valence-electron chi connectivity index (χ0n) is 19.7. The van der Waals surface area contributed by atoms with Gasteiger partial charge in [0.2, 0.25) is 11.9 Å². The van der Waals surface area contributed by atoms with Crippen LogP contribution in [0.25, 0.3) is 11.2 Å². The van der Waals surface area contributed by atoms with E-state index in [1.165, 1.54) is 17.1 Å². The van der Waals surface area contributed by atoms with E-state index >= 15 is 0 Å². The van der Waals surface area contributed by atoms with Crippen molar-refractivity contribution in [2.75, 3.05) is 18.9 Å². The Morgan fingerprint density at radius 3 is 2.81 bits per heavy atom. The maximum absolute atomic E-state index is 12.7. The van der Waals surface area contributed by atoms with Gasteiger partial charge in [0.1, 0.15) is 23.3 Å². The smallest absolute Gasteiger partial charge is 0.328 e. The molecule has 12 N–H and O–H groups in total. The average Bonchev–Trinajstić information content (AvgIpc) is 3.39. The fraction of sp³-hybridized carbons (Fsp3) is 0.600. The molecule has 2 aromatic heterocycles. The lowest BCUT2D eigenvalue weighted by Crippen LogP contribution is -2.63. The molecule has 2 fully saturated rings. The third-order valence-corrected chi connectivity index (χ3v) is 6.45. The molecular weight excluding hydrogens is 492 g/mol. The van der Waals surface area contributed by atoms with Crippen molar-refractivity contribution in [3.05, 3.63) is 12.5 Å². The van der Waals surface area contributed by atoms with E-state index in [-0.39, 0.29) is 43.5 Å². The summed E-state index contributed by atoms with van der Waals surface area (Å²) in [7, 11) is 0. The Morgan fingerprint density at radius 1 is 1.35 bits per heavy atom. The van der Waals surface area contributed by atoms with Gasteiger partial charge in [-0.3, -0.25) is 14.4 Å². The number of guanidine groups is 1. The summed E-state index contributed by atoms with van der Waals surface area (Å²) >= 11 is 0. The number of hydrogen-bond donors (Lipinski definition) is 8. The van der Waals surface area contributed by atoms with Gasteiger partial charge < -0.3 is 53.0 Å². The monoisotopic (exact) mass is 522 g/mol. The van der Waals surface area contributed by atoms with Crippen LogP contribution in [0.3, 0.4) is 0 Å². The molecule has 2 saturated heterocycles. The molecule has 2 aliphatic rings. The average molecular weight is 523 g/mol. The lowest BCUT2D eigenvalue weighted by atomic mass is 9.81. The van der Waals surface area contributed by atoms with Crippen molar-refractivity contribution in [3.63, 3.8) is 0 Å². The van der Waals surface area contributed by atoms with Crippen LogP contribution in [-0.2, 0) is 19.1 Å². The number of ether oxygens (including phenoxy) is 2. The van der Waals surface area contributed by atoms with Crippen molar-refractivity contribution in [1.82, 2.24) is 24.8 Å². The van der Waals surface area contributed by atoms with Crippen molar-refractivity contribution in [3.8, 4) is 0 Å². The second kappa shape index (κ2) is 10.4. The van der Waals surface area contributed by atoms with Crippen LogP contribution in [0, 0.1) is 0 Å². The summed E-state index contributed by atoms with van der Waals surface area (Å²) in [6, 6.07) is -2.67. The molecule has 0 aromatic carbocycles. The molecule has 0 spiro atoms. The number of imidazole rings is 1. The van der Waals surface area contributed by atoms with Crippen molar-refractivity contribution < 1.29 is 34.4 Å². The summed E-state index contributed by atoms with van der Waals surface area (Å²) in [5.74, 6) is -2.32. The number of aliphatic carboxylic acids is 1.